The predicted octanol–water partition coefficient (Wildman–Crippen LogP) is 4.64. The summed E-state index contributed by atoms with van der Waals surface area (Å²) in [5.74, 6) is 0.795. The summed E-state index contributed by atoms with van der Waals surface area (Å²) in [7, 11) is 1.41. The molecule has 3 heterocycles. The van der Waals surface area contributed by atoms with Crippen LogP contribution in [0.3, 0.4) is 0 Å². The van der Waals surface area contributed by atoms with E-state index in [0.717, 1.165) is 5.56 Å². The zero-order chi connectivity index (χ0) is 26.1. The number of nitrogens with zero attached hydrogens (tertiary/aromatic N) is 5. The van der Waals surface area contributed by atoms with Crippen molar-refractivity contribution in [3.8, 4) is 11.4 Å². The normalized spacial score (nSPS) is 12.0. The number of hydrogen-bond acceptors (Lipinski definition) is 8. The minimum Gasteiger partial charge on any atom is -0.494 e. The average molecular weight is 518 g/mol. The van der Waals surface area contributed by atoms with E-state index in [-0.39, 0.29) is 17.1 Å². The minimum atomic E-state index is -0.489. The van der Waals surface area contributed by atoms with Crippen LogP contribution in [0.2, 0.25) is 0 Å². The van der Waals surface area contributed by atoms with Gasteiger partial charge in [-0.3, -0.25) is 9.36 Å². The van der Waals surface area contributed by atoms with Gasteiger partial charge in [-0.1, -0.05) is 30.0 Å². The first-order valence-corrected chi connectivity index (χ1v) is 12.2. The van der Waals surface area contributed by atoms with E-state index in [1.54, 1.807) is 27.4 Å². The van der Waals surface area contributed by atoms with Crippen molar-refractivity contribution >= 4 is 28.9 Å². The van der Waals surface area contributed by atoms with Gasteiger partial charge in [0, 0.05) is 11.1 Å². The van der Waals surface area contributed by atoms with E-state index in [4.69, 9.17) is 15.6 Å². The number of fused-ring (bicyclic) bond motifs is 1. The van der Waals surface area contributed by atoms with Crippen molar-refractivity contribution in [3.63, 3.8) is 0 Å². The van der Waals surface area contributed by atoms with Gasteiger partial charge in [0.05, 0.1) is 23.7 Å². The molecular weight excluding hydrogens is 493 g/mol. The highest BCUT2D eigenvalue weighted by Gasteiger charge is 2.22. The Kier molecular flexibility index (Phi) is 6.53. The Balaban J connectivity index is 1.56. The first kappa shape index (κ1) is 24.3. The Labute approximate surface area is 216 Å². The number of methoxy groups -OCH3 is 1. The van der Waals surface area contributed by atoms with Gasteiger partial charge in [0.2, 0.25) is 0 Å². The zero-order valence-corrected chi connectivity index (χ0v) is 21.2. The molecule has 37 heavy (non-hydrogen) atoms. The molecule has 3 N–H and O–H groups in total. The number of aromatic nitrogens is 5. The lowest BCUT2D eigenvalue weighted by molar-refractivity contribution is 0.385. The summed E-state index contributed by atoms with van der Waals surface area (Å²) in [4.78, 5) is 23.2. The van der Waals surface area contributed by atoms with Crippen molar-refractivity contribution in [2.24, 2.45) is 0 Å². The maximum Gasteiger partial charge on any atom is 0.282 e. The first-order chi connectivity index (χ1) is 17.9. The van der Waals surface area contributed by atoms with Gasteiger partial charge < -0.3 is 15.8 Å². The minimum absolute atomic E-state index is 0.147. The van der Waals surface area contributed by atoms with Crippen LogP contribution in [-0.4, -0.2) is 31.3 Å². The summed E-state index contributed by atoms with van der Waals surface area (Å²) < 4.78 is 22.5. The molecule has 9 nitrogen and oxygen atoms in total. The fraction of sp³-hybridized carbons (Fsp3) is 0.154. The number of ether oxygens (including phenoxy) is 1. The van der Waals surface area contributed by atoms with Crippen molar-refractivity contribution in [1.29, 1.82) is 0 Å². The Morgan fingerprint density at radius 1 is 1.14 bits per heavy atom. The van der Waals surface area contributed by atoms with Gasteiger partial charge in [-0.15, -0.1) is 0 Å². The van der Waals surface area contributed by atoms with Crippen LogP contribution in [0.5, 0.6) is 5.75 Å². The second kappa shape index (κ2) is 9.94. The number of anilines is 2. The smallest absolute Gasteiger partial charge is 0.282 e. The van der Waals surface area contributed by atoms with Crippen LogP contribution in [0, 0.1) is 12.7 Å². The van der Waals surface area contributed by atoms with Crippen molar-refractivity contribution in [1.82, 2.24) is 24.1 Å². The van der Waals surface area contributed by atoms with E-state index in [0.29, 0.717) is 32.6 Å². The molecule has 0 fully saturated rings. The number of hydrogen-bond donors (Lipinski definition) is 2. The molecule has 1 atom stereocenters. The molecule has 3 aromatic heterocycles. The lowest BCUT2D eigenvalue weighted by atomic mass is 10.2. The van der Waals surface area contributed by atoms with E-state index in [2.05, 4.69) is 15.3 Å². The fourth-order valence-electron chi connectivity index (χ4n) is 4.03. The van der Waals surface area contributed by atoms with Gasteiger partial charge in [0.15, 0.2) is 17.4 Å². The van der Waals surface area contributed by atoms with Gasteiger partial charge in [0.1, 0.15) is 23.5 Å². The SMILES string of the molecule is COc1ccc(Sc2c(N)ncnc2N[C@@H](C)c2nn3ccc(C)c3c(=O)n2-c2ccccc2)cc1F. The summed E-state index contributed by atoms with van der Waals surface area (Å²) >= 11 is 1.22. The maximum atomic E-state index is 14.3. The summed E-state index contributed by atoms with van der Waals surface area (Å²) in [6.45, 7) is 3.76. The van der Waals surface area contributed by atoms with Gasteiger partial charge in [-0.05, 0) is 55.8 Å². The van der Waals surface area contributed by atoms with E-state index in [9.17, 15) is 9.18 Å². The number of benzene rings is 2. The molecule has 0 aliphatic heterocycles. The highest BCUT2D eigenvalue weighted by molar-refractivity contribution is 7.99. The molecule has 0 bridgehead atoms. The second-order valence-corrected chi connectivity index (χ2v) is 9.41. The molecule has 0 saturated heterocycles. The molecule has 0 aliphatic carbocycles. The Morgan fingerprint density at radius 3 is 2.65 bits per heavy atom. The molecule has 2 aromatic carbocycles. The predicted molar refractivity (Wildman–Crippen MR) is 141 cm³/mol. The van der Waals surface area contributed by atoms with Crippen molar-refractivity contribution in [2.75, 3.05) is 18.2 Å². The average Bonchev–Trinajstić information content (AvgIpc) is 3.27. The van der Waals surface area contributed by atoms with E-state index in [1.807, 2.05) is 50.2 Å². The maximum absolute atomic E-state index is 14.3. The van der Waals surface area contributed by atoms with Gasteiger partial charge >= 0.3 is 0 Å². The van der Waals surface area contributed by atoms with Gasteiger partial charge in [-0.25, -0.2) is 18.9 Å². The van der Waals surface area contributed by atoms with E-state index >= 15 is 0 Å². The van der Waals surface area contributed by atoms with Crippen molar-refractivity contribution < 1.29 is 9.13 Å². The molecule has 5 aromatic rings. The fourth-order valence-corrected chi connectivity index (χ4v) is 4.93. The van der Waals surface area contributed by atoms with Crippen LogP contribution in [0.15, 0.2) is 81.7 Å². The summed E-state index contributed by atoms with van der Waals surface area (Å²) in [5, 5.41) is 8.10. The monoisotopic (exact) mass is 517 g/mol. The molecule has 0 spiro atoms. The highest BCUT2D eigenvalue weighted by Crippen LogP contribution is 2.38. The van der Waals surface area contributed by atoms with Crippen LogP contribution in [0.4, 0.5) is 16.0 Å². The molecule has 11 heteroatoms. The largest absolute Gasteiger partial charge is 0.494 e. The third kappa shape index (κ3) is 4.60. The number of para-hydroxylation sites is 1. The number of nitrogens with two attached hydrogens (primary N) is 1. The van der Waals surface area contributed by atoms with Crippen LogP contribution >= 0.6 is 11.8 Å². The van der Waals surface area contributed by atoms with Crippen molar-refractivity contribution in [2.45, 2.75) is 29.7 Å². The number of nitrogen functional groups attached to an aromatic ring is 1. The van der Waals surface area contributed by atoms with Crippen LogP contribution < -0.4 is 21.3 Å². The van der Waals surface area contributed by atoms with Gasteiger partial charge in [-0.2, -0.15) is 5.10 Å². The highest BCUT2D eigenvalue weighted by atomic mass is 32.2. The quantitative estimate of drug-likeness (QED) is 0.321. The van der Waals surface area contributed by atoms with Crippen molar-refractivity contribution in [3.05, 3.63) is 94.7 Å². The van der Waals surface area contributed by atoms with Crippen LogP contribution in [-0.2, 0) is 0 Å². The number of aryl methyl sites for hydroxylation is 1. The van der Waals surface area contributed by atoms with Crippen LogP contribution in [0.1, 0.15) is 24.4 Å². The zero-order valence-electron chi connectivity index (χ0n) is 20.3. The van der Waals surface area contributed by atoms with Crippen LogP contribution in [0.25, 0.3) is 11.2 Å². The molecule has 0 aliphatic rings. The third-order valence-corrected chi connectivity index (χ3v) is 6.94. The van der Waals surface area contributed by atoms with Gasteiger partial charge in [0.25, 0.3) is 5.56 Å². The molecule has 0 unspecified atom stereocenters. The summed E-state index contributed by atoms with van der Waals surface area (Å²) in [6, 6.07) is 15.4. The summed E-state index contributed by atoms with van der Waals surface area (Å²) in [5.41, 5.74) is 8.04. The lowest BCUT2D eigenvalue weighted by Gasteiger charge is -2.21. The molecule has 0 amide bonds. The third-order valence-electron chi connectivity index (χ3n) is 5.84. The standard InChI is InChI=1S/C26H24FN7O2S/c1-15-11-12-33-21(15)26(35)34(17-7-5-4-6-8-17)25(32-33)16(2)31-24-22(23(28)29-14-30-24)37-18-9-10-20(36-3)19(27)13-18/h4-14,16H,1-3H3,(H3,28,29,30,31)/t16-/m0/s1. The molecule has 188 valence electrons. The van der Waals surface area contributed by atoms with E-state index < -0.39 is 11.9 Å². The summed E-state index contributed by atoms with van der Waals surface area (Å²) in [6.07, 6.45) is 3.11. The number of halogens is 1. The van der Waals surface area contributed by atoms with E-state index in [1.165, 1.54) is 31.3 Å². The Bertz CT molecular complexity index is 1650. The Morgan fingerprint density at radius 2 is 1.92 bits per heavy atom. The lowest BCUT2D eigenvalue weighted by Crippen LogP contribution is -2.29. The topological polar surface area (TPSA) is 112 Å². The molecule has 0 radical (unpaired) electrons. The molecule has 0 saturated carbocycles. The Hall–Kier alpha value is -4.38. The molecular formula is C26H24FN7O2S. The number of nitrogens with one attached hydrogen (secondary N) is 1. The second-order valence-electron chi connectivity index (χ2n) is 8.33. The number of rotatable bonds is 7. The first-order valence-electron chi connectivity index (χ1n) is 11.4. The molecule has 5 rings (SSSR count).